The van der Waals surface area contributed by atoms with Gasteiger partial charge < -0.3 is 20.0 Å². The van der Waals surface area contributed by atoms with Gasteiger partial charge in [0.05, 0.1) is 10.8 Å². The molecule has 0 saturated heterocycles. The molecule has 0 atom stereocenters. The van der Waals surface area contributed by atoms with E-state index in [-0.39, 0.29) is 0 Å². The highest BCUT2D eigenvalue weighted by atomic mass is 16.3. The third-order valence-corrected chi connectivity index (χ3v) is 6.17. The fraction of sp³-hybridized carbons (Fsp3) is 0.296. The van der Waals surface area contributed by atoms with Crippen LogP contribution in [0.3, 0.4) is 0 Å². The van der Waals surface area contributed by atoms with Crippen LogP contribution in [0.4, 0.5) is 22.7 Å². The van der Waals surface area contributed by atoms with Crippen LogP contribution in [0.15, 0.2) is 65.1 Å². The van der Waals surface area contributed by atoms with Crippen LogP contribution < -0.4 is 25.9 Å². The number of benzene rings is 3. The van der Waals surface area contributed by atoms with Crippen LogP contribution >= 0.6 is 0 Å². The molecule has 1 aromatic heterocycles. The second kappa shape index (κ2) is 9.35. The van der Waals surface area contributed by atoms with Crippen LogP contribution in [0.25, 0.3) is 21.9 Å². The van der Waals surface area contributed by atoms with Gasteiger partial charge in [0, 0.05) is 55.8 Å². The zero-order valence-electron chi connectivity index (χ0n) is 19.5. The number of nitrogen functional groups attached to an aromatic ring is 1. The Hall–Kier alpha value is -3.47. The minimum absolute atomic E-state index is 0.717. The molecule has 0 radical (unpaired) electrons. The van der Waals surface area contributed by atoms with Gasteiger partial charge in [-0.25, -0.2) is 4.99 Å². The molecule has 0 aliphatic carbocycles. The third kappa shape index (κ3) is 4.03. The van der Waals surface area contributed by atoms with Crippen molar-refractivity contribution in [3.05, 3.63) is 66.0 Å². The highest BCUT2D eigenvalue weighted by Gasteiger charge is 2.15. The molecule has 32 heavy (non-hydrogen) atoms. The van der Waals surface area contributed by atoms with E-state index in [1.54, 1.807) is 0 Å². The summed E-state index contributed by atoms with van der Waals surface area (Å²) in [6.07, 6.45) is 0. The lowest BCUT2D eigenvalue weighted by Gasteiger charge is -2.21. The predicted molar refractivity (Wildman–Crippen MR) is 135 cm³/mol. The molecule has 0 saturated carbocycles. The van der Waals surface area contributed by atoms with Crippen LogP contribution in [0.1, 0.15) is 27.7 Å². The molecule has 0 fully saturated rings. The van der Waals surface area contributed by atoms with E-state index < -0.39 is 0 Å². The summed E-state index contributed by atoms with van der Waals surface area (Å²) in [5, 5.41) is 3.08. The zero-order chi connectivity index (χ0) is 22.7. The summed E-state index contributed by atoms with van der Waals surface area (Å²) in [5.74, 6) is 0. The second-order valence-corrected chi connectivity index (χ2v) is 7.89. The van der Waals surface area contributed by atoms with E-state index in [1.807, 2.05) is 24.3 Å². The molecule has 0 aliphatic rings. The summed E-state index contributed by atoms with van der Waals surface area (Å²) in [6, 6.07) is 20.8. The number of nitrogens with one attached hydrogen (secondary N) is 1. The maximum Gasteiger partial charge on any atom is 0.227 e. The van der Waals surface area contributed by atoms with Gasteiger partial charge in [0.2, 0.25) is 11.0 Å². The van der Waals surface area contributed by atoms with Crippen LogP contribution in [0.2, 0.25) is 0 Å². The Kier molecular flexibility index (Phi) is 6.35. The maximum absolute atomic E-state index is 6.49. The number of nitrogens with two attached hydrogens (primary N) is 1. The Labute approximate surface area is 189 Å². The van der Waals surface area contributed by atoms with Crippen LogP contribution in [-0.4, -0.2) is 26.2 Å². The zero-order valence-corrected chi connectivity index (χ0v) is 19.5. The third-order valence-electron chi connectivity index (χ3n) is 6.17. The SMILES string of the molecule is CCN(CC)c1ccc2c(=[NH+]c3ccccc3N)c3ccc(N(CC)CC)cc3oc2c1. The Morgan fingerprint density at radius 1 is 0.719 bits per heavy atom. The molecule has 4 aromatic rings. The molecule has 3 N–H and O–H groups in total. The van der Waals surface area contributed by atoms with Crippen molar-refractivity contribution in [1.82, 2.24) is 0 Å². The van der Waals surface area contributed by atoms with Crippen molar-refractivity contribution in [2.75, 3.05) is 41.7 Å². The first kappa shape index (κ1) is 21.8. The first-order valence-electron chi connectivity index (χ1n) is 11.5. The fourth-order valence-electron chi connectivity index (χ4n) is 4.32. The summed E-state index contributed by atoms with van der Waals surface area (Å²) in [7, 11) is 0. The lowest BCUT2D eigenvalue weighted by molar-refractivity contribution is -0.398. The summed E-state index contributed by atoms with van der Waals surface area (Å²) in [5.41, 5.74) is 11.9. The summed E-state index contributed by atoms with van der Waals surface area (Å²) in [6.45, 7) is 12.5. The van der Waals surface area contributed by atoms with Crippen molar-refractivity contribution in [1.29, 1.82) is 0 Å². The second-order valence-electron chi connectivity index (χ2n) is 7.89. The van der Waals surface area contributed by atoms with Gasteiger partial charge in [-0.1, -0.05) is 12.1 Å². The fourth-order valence-corrected chi connectivity index (χ4v) is 4.32. The van der Waals surface area contributed by atoms with E-state index in [4.69, 9.17) is 10.2 Å². The maximum atomic E-state index is 6.49. The molecule has 4 rings (SSSR count). The summed E-state index contributed by atoms with van der Waals surface area (Å²) in [4.78, 5) is 8.25. The van der Waals surface area contributed by atoms with E-state index >= 15 is 0 Å². The Morgan fingerprint density at radius 3 is 1.69 bits per heavy atom. The van der Waals surface area contributed by atoms with E-state index in [1.165, 1.54) is 0 Å². The van der Waals surface area contributed by atoms with Crippen molar-refractivity contribution < 1.29 is 9.41 Å². The number of hydrogen-bond acceptors (Lipinski definition) is 4. The van der Waals surface area contributed by atoms with Gasteiger partial charge in [-0.3, -0.25) is 0 Å². The minimum Gasteiger partial charge on any atom is -0.455 e. The van der Waals surface area contributed by atoms with E-state index in [0.717, 1.165) is 70.5 Å². The molecule has 5 heteroatoms. The molecule has 3 aromatic carbocycles. The first-order chi connectivity index (χ1) is 15.6. The quantitative estimate of drug-likeness (QED) is 0.342. The number of anilines is 3. The number of rotatable bonds is 7. The summed E-state index contributed by atoms with van der Waals surface area (Å²) < 4.78 is 6.49. The Morgan fingerprint density at radius 2 is 1.22 bits per heavy atom. The summed E-state index contributed by atoms with van der Waals surface area (Å²) >= 11 is 0. The number of fused-ring (bicyclic) bond motifs is 2. The van der Waals surface area contributed by atoms with Gasteiger partial charge >= 0.3 is 0 Å². The Bertz CT molecular complexity index is 1230. The largest absolute Gasteiger partial charge is 0.455 e. The van der Waals surface area contributed by atoms with Crippen molar-refractivity contribution in [2.45, 2.75) is 27.7 Å². The smallest absolute Gasteiger partial charge is 0.227 e. The average Bonchev–Trinajstić information content (AvgIpc) is 2.81. The lowest BCUT2D eigenvalue weighted by Crippen LogP contribution is -2.70. The van der Waals surface area contributed by atoms with E-state index in [9.17, 15) is 0 Å². The minimum atomic E-state index is 0.717. The van der Waals surface area contributed by atoms with Gasteiger partial charge in [-0.2, -0.15) is 0 Å². The van der Waals surface area contributed by atoms with Crippen molar-refractivity contribution in [3.63, 3.8) is 0 Å². The molecule has 0 spiro atoms. The molecular weight excluding hydrogens is 396 g/mol. The molecule has 0 unspecified atom stereocenters. The topological polar surface area (TPSA) is 59.6 Å². The van der Waals surface area contributed by atoms with Gasteiger partial charge in [-0.05, 0) is 58.0 Å². The molecule has 166 valence electrons. The molecule has 0 bridgehead atoms. The van der Waals surface area contributed by atoms with Crippen LogP contribution in [-0.2, 0) is 0 Å². The monoisotopic (exact) mass is 429 g/mol. The number of para-hydroxylation sites is 2. The predicted octanol–water partition coefficient (Wildman–Crippen LogP) is 4.17. The van der Waals surface area contributed by atoms with Gasteiger partial charge in [-0.15, -0.1) is 0 Å². The molecule has 1 heterocycles. The normalized spacial score (nSPS) is 11.1. The number of nitrogens with zero attached hydrogens (tertiary/aromatic N) is 2. The lowest BCUT2D eigenvalue weighted by atomic mass is 10.1. The van der Waals surface area contributed by atoms with Gasteiger partial charge in [0.15, 0.2) is 0 Å². The molecule has 5 nitrogen and oxygen atoms in total. The Balaban J connectivity index is 2.05. The number of hydrogen-bond donors (Lipinski definition) is 2. The average molecular weight is 430 g/mol. The highest BCUT2D eigenvalue weighted by molar-refractivity contribution is 5.91. The van der Waals surface area contributed by atoms with Crippen molar-refractivity contribution >= 4 is 44.7 Å². The van der Waals surface area contributed by atoms with Crippen molar-refractivity contribution in [2.24, 2.45) is 0 Å². The van der Waals surface area contributed by atoms with Crippen LogP contribution in [0.5, 0.6) is 0 Å². The van der Waals surface area contributed by atoms with Gasteiger partial charge in [0.25, 0.3) is 0 Å². The molecular formula is C27H33N4O+. The van der Waals surface area contributed by atoms with E-state index in [0.29, 0.717) is 5.69 Å². The van der Waals surface area contributed by atoms with Crippen LogP contribution in [0, 0.1) is 0 Å². The molecule has 0 amide bonds. The molecule has 0 aliphatic heterocycles. The first-order valence-corrected chi connectivity index (χ1v) is 11.5. The van der Waals surface area contributed by atoms with Crippen molar-refractivity contribution in [3.8, 4) is 0 Å². The standard InChI is InChI=1S/C27H32N4O/c1-5-30(6-2)19-13-15-21-25(17-19)32-26-18-20(31(7-3)8-4)14-16-22(26)27(21)29-24-12-10-9-11-23(24)28/h9-18H,5-8,28H2,1-4H3/p+1. The van der Waals surface area contributed by atoms with E-state index in [2.05, 4.69) is 78.9 Å². The van der Waals surface area contributed by atoms with Gasteiger partial charge in [0.1, 0.15) is 16.9 Å². The highest BCUT2D eigenvalue weighted by Crippen LogP contribution is 2.26.